The predicted octanol–water partition coefficient (Wildman–Crippen LogP) is 3.12. The van der Waals surface area contributed by atoms with E-state index in [0.717, 1.165) is 42.3 Å². The molecule has 0 radical (unpaired) electrons. The first-order valence-corrected chi connectivity index (χ1v) is 10.5. The van der Waals surface area contributed by atoms with Crippen LogP contribution in [0.3, 0.4) is 0 Å². The molecule has 148 valence electrons. The summed E-state index contributed by atoms with van der Waals surface area (Å²) in [5.41, 5.74) is 1.05. The van der Waals surface area contributed by atoms with Crippen LogP contribution >= 0.6 is 11.3 Å². The Morgan fingerprint density at radius 2 is 2.12 bits per heavy atom. The van der Waals surface area contributed by atoms with E-state index in [1.54, 1.807) is 18.4 Å². The number of nitrogens with zero attached hydrogens (tertiary/aromatic N) is 4. The molecule has 1 aromatic heterocycles. The number of ether oxygens (including phenoxy) is 1. The van der Waals surface area contributed by atoms with Gasteiger partial charge in [0.25, 0.3) is 0 Å². The summed E-state index contributed by atoms with van der Waals surface area (Å²) in [4.78, 5) is 13.7. The van der Waals surface area contributed by atoms with E-state index in [9.17, 15) is 0 Å². The van der Waals surface area contributed by atoms with Crippen LogP contribution in [-0.4, -0.2) is 68.1 Å². The Kier molecular flexibility index (Phi) is 8.81. The van der Waals surface area contributed by atoms with Gasteiger partial charge in [-0.2, -0.15) is 0 Å². The summed E-state index contributed by atoms with van der Waals surface area (Å²) in [7, 11) is 7.86. The molecule has 1 aromatic rings. The van der Waals surface area contributed by atoms with Gasteiger partial charge in [0.15, 0.2) is 5.96 Å². The molecule has 0 aliphatic heterocycles. The molecule has 1 saturated carbocycles. The van der Waals surface area contributed by atoms with Crippen LogP contribution in [0.1, 0.15) is 55.8 Å². The van der Waals surface area contributed by atoms with Crippen LogP contribution in [-0.2, 0) is 11.3 Å². The molecule has 7 heteroatoms. The number of guanidine groups is 1. The molecule has 0 aromatic carbocycles. The summed E-state index contributed by atoms with van der Waals surface area (Å²) in [6, 6.07) is 0.751. The number of hydrogen-bond donors (Lipinski definition) is 1. The molecule has 26 heavy (non-hydrogen) atoms. The summed E-state index contributed by atoms with van der Waals surface area (Å²) >= 11 is 1.65. The van der Waals surface area contributed by atoms with Crippen LogP contribution in [0.15, 0.2) is 10.4 Å². The smallest absolute Gasteiger partial charge is 0.193 e. The average Bonchev–Trinajstić information content (AvgIpc) is 3.13. The highest BCUT2D eigenvalue weighted by atomic mass is 32.1. The lowest BCUT2D eigenvalue weighted by atomic mass is 9.94. The number of aromatic nitrogens is 1. The molecule has 0 amide bonds. The number of methoxy groups -OCH3 is 1. The van der Waals surface area contributed by atoms with Crippen molar-refractivity contribution in [3.8, 4) is 0 Å². The van der Waals surface area contributed by atoms with Crippen LogP contribution in [0.5, 0.6) is 0 Å². The molecule has 1 aliphatic rings. The Morgan fingerprint density at radius 1 is 1.38 bits per heavy atom. The first kappa shape index (κ1) is 21.1. The lowest BCUT2D eigenvalue weighted by Gasteiger charge is -2.31. The standard InChI is InChI=1S/C19H35N5OS/c1-15(25-5)18-22-16(14-26-18)13-24(4)19(20-2)21-11-12-23(3)17-9-7-6-8-10-17/h14-15,17H,6-13H2,1-5H3,(H,20,21). The molecule has 0 saturated heterocycles. The highest BCUT2D eigenvalue weighted by Crippen LogP contribution is 2.22. The van der Waals surface area contributed by atoms with Crippen molar-refractivity contribution in [2.24, 2.45) is 4.99 Å². The monoisotopic (exact) mass is 381 g/mol. The zero-order chi connectivity index (χ0) is 18.9. The Hall–Kier alpha value is -1.18. The van der Waals surface area contributed by atoms with Gasteiger partial charge in [0.1, 0.15) is 11.1 Å². The van der Waals surface area contributed by atoms with Crippen molar-refractivity contribution < 1.29 is 4.74 Å². The molecule has 1 aliphatic carbocycles. The third-order valence-corrected chi connectivity index (χ3v) is 6.24. The highest BCUT2D eigenvalue weighted by molar-refractivity contribution is 7.09. The van der Waals surface area contributed by atoms with Crippen molar-refractivity contribution in [2.75, 3.05) is 41.3 Å². The quantitative estimate of drug-likeness (QED) is 0.554. The number of rotatable bonds is 8. The fourth-order valence-corrected chi connectivity index (χ4v) is 4.28. The molecule has 0 bridgehead atoms. The zero-order valence-electron chi connectivity index (χ0n) is 17.0. The predicted molar refractivity (Wildman–Crippen MR) is 110 cm³/mol. The van der Waals surface area contributed by atoms with Crippen molar-refractivity contribution >= 4 is 17.3 Å². The zero-order valence-corrected chi connectivity index (χ0v) is 17.8. The van der Waals surface area contributed by atoms with Crippen molar-refractivity contribution in [2.45, 2.75) is 57.7 Å². The number of hydrogen-bond acceptors (Lipinski definition) is 5. The molecular formula is C19H35N5OS. The van der Waals surface area contributed by atoms with Gasteiger partial charge < -0.3 is 19.9 Å². The van der Waals surface area contributed by atoms with Gasteiger partial charge in [-0.1, -0.05) is 19.3 Å². The van der Waals surface area contributed by atoms with Crippen molar-refractivity contribution in [3.63, 3.8) is 0 Å². The number of likely N-dealkylation sites (N-methyl/N-ethyl adjacent to an activating group) is 1. The lowest BCUT2D eigenvalue weighted by molar-refractivity contribution is 0.119. The van der Waals surface area contributed by atoms with Gasteiger partial charge in [-0.05, 0) is 26.8 Å². The Bertz CT molecular complexity index is 556. The van der Waals surface area contributed by atoms with Crippen LogP contribution < -0.4 is 5.32 Å². The molecule has 0 spiro atoms. The molecule has 1 heterocycles. The van der Waals surface area contributed by atoms with Crippen molar-refractivity contribution in [1.29, 1.82) is 0 Å². The van der Waals surface area contributed by atoms with E-state index in [-0.39, 0.29) is 6.10 Å². The van der Waals surface area contributed by atoms with E-state index in [0.29, 0.717) is 0 Å². The maximum Gasteiger partial charge on any atom is 0.193 e. The molecular weight excluding hydrogens is 346 g/mol. The molecule has 1 fully saturated rings. The summed E-state index contributed by atoms with van der Waals surface area (Å²) in [5, 5.41) is 6.61. The number of aliphatic imine (C=N–C) groups is 1. The van der Waals surface area contributed by atoms with E-state index in [1.165, 1.54) is 32.1 Å². The third-order valence-electron chi connectivity index (χ3n) is 5.19. The van der Waals surface area contributed by atoms with Crippen LogP contribution in [0, 0.1) is 0 Å². The minimum Gasteiger partial charge on any atom is -0.375 e. The van der Waals surface area contributed by atoms with Gasteiger partial charge in [0, 0.05) is 45.7 Å². The SMILES string of the molecule is CN=C(NCCN(C)C1CCCCC1)N(C)Cc1csc(C(C)OC)n1. The fraction of sp³-hybridized carbons (Fsp3) is 0.789. The van der Waals surface area contributed by atoms with E-state index >= 15 is 0 Å². The molecule has 1 N–H and O–H groups in total. The van der Waals surface area contributed by atoms with Gasteiger partial charge in [-0.25, -0.2) is 4.98 Å². The topological polar surface area (TPSA) is 53.0 Å². The second-order valence-electron chi connectivity index (χ2n) is 7.16. The minimum absolute atomic E-state index is 0.0480. The van der Waals surface area contributed by atoms with E-state index < -0.39 is 0 Å². The number of thiazole rings is 1. The molecule has 2 rings (SSSR count). The van der Waals surface area contributed by atoms with Crippen molar-refractivity contribution in [3.05, 3.63) is 16.1 Å². The molecule has 6 nitrogen and oxygen atoms in total. The number of nitrogens with one attached hydrogen (secondary N) is 1. The van der Waals surface area contributed by atoms with E-state index in [1.807, 2.05) is 14.0 Å². The maximum absolute atomic E-state index is 5.34. The summed E-state index contributed by atoms with van der Waals surface area (Å²) in [6.07, 6.45) is 6.90. The Balaban J connectivity index is 1.77. The van der Waals surface area contributed by atoms with Crippen LogP contribution in [0.4, 0.5) is 0 Å². The fourth-order valence-electron chi connectivity index (χ4n) is 3.43. The van der Waals surface area contributed by atoms with Gasteiger partial charge in [-0.3, -0.25) is 4.99 Å². The summed E-state index contributed by atoms with van der Waals surface area (Å²) < 4.78 is 5.34. The van der Waals surface area contributed by atoms with Crippen LogP contribution in [0.2, 0.25) is 0 Å². The van der Waals surface area contributed by atoms with E-state index in [4.69, 9.17) is 4.74 Å². The van der Waals surface area contributed by atoms with Crippen LogP contribution in [0.25, 0.3) is 0 Å². The van der Waals surface area contributed by atoms with Gasteiger partial charge in [0.2, 0.25) is 0 Å². The molecule has 1 atom stereocenters. The second kappa shape index (κ2) is 10.8. The first-order valence-electron chi connectivity index (χ1n) is 9.64. The minimum atomic E-state index is 0.0480. The van der Waals surface area contributed by atoms with Crippen molar-refractivity contribution in [1.82, 2.24) is 20.1 Å². The first-order chi connectivity index (χ1) is 12.5. The summed E-state index contributed by atoms with van der Waals surface area (Å²) in [6.45, 7) is 4.72. The van der Waals surface area contributed by atoms with Gasteiger partial charge in [0.05, 0.1) is 12.2 Å². The average molecular weight is 382 g/mol. The normalized spacial score (nSPS) is 17.5. The summed E-state index contributed by atoms with van der Waals surface area (Å²) in [5.74, 6) is 0.913. The van der Waals surface area contributed by atoms with Gasteiger partial charge in [-0.15, -0.1) is 11.3 Å². The third kappa shape index (κ3) is 6.21. The van der Waals surface area contributed by atoms with E-state index in [2.05, 4.69) is 44.6 Å². The molecule has 1 unspecified atom stereocenters. The second-order valence-corrected chi connectivity index (χ2v) is 8.05. The Labute approximate surface area is 162 Å². The largest absolute Gasteiger partial charge is 0.375 e. The Morgan fingerprint density at radius 3 is 2.77 bits per heavy atom. The maximum atomic E-state index is 5.34. The highest BCUT2D eigenvalue weighted by Gasteiger charge is 2.18. The lowest BCUT2D eigenvalue weighted by Crippen LogP contribution is -2.43. The van der Waals surface area contributed by atoms with Gasteiger partial charge >= 0.3 is 0 Å².